The Balaban J connectivity index is 1.99. The van der Waals surface area contributed by atoms with Crippen molar-refractivity contribution in [2.75, 3.05) is 5.32 Å². The summed E-state index contributed by atoms with van der Waals surface area (Å²) in [6.07, 6.45) is 3.38. The zero-order valence-electron chi connectivity index (χ0n) is 10.1. The maximum atomic E-state index is 6.22. The number of benzene rings is 1. The molecule has 0 fully saturated rings. The van der Waals surface area contributed by atoms with Crippen molar-refractivity contribution in [3.63, 3.8) is 0 Å². The molecule has 1 aromatic carbocycles. The predicted molar refractivity (Wildman–Crippen MR) is 96.4 cm³/mol. The second-order valence-electron chi connectivity index (χ2n) is 3.87. The summed E-state index contributed by atoms with van der Waals surface area (Å²) in [6, 6.07) is 9.35. The summed E-state index contributed by atoms with van der Waals surface area (Å²) in [5.74, 6) is 0. The van der Waals surface area contributed by atoms with Crippen LogP contribution >= 0.6 is 58.0 Å². The quantitative estimate of drug-likeness (QED) is 0.319. The van der Waals surface area contributed by atoms with Crippen LogP contribution < -0.4 is 10.6 Å². The first-order valence-electron chi connectivity index (χ1n) is 5.63. The van der Waals surface area contributed by atoms with Gasteiger partial charge in [-0.25, -0.2) is 0 Å². The van der Waals surface area contributed by atoms with Crippen LogP contribution in [0.3, 0.4) is 0 Å². The van der Waals surface area contributed by atoms with Gasteiger partial charge in [-0.2, -0.15) is 0 Å². The summed E-state index contributed by atoms with van der Waals surface area (Å²) < 4.78 is 1.06. The van der Waals surface area contributed by atoms with Crippen molar-refractivity contribution >= 4 is 68.8 Å². The average Bonchev–Trinajstić information content (AvgIpc) is 2.43. The highest BCUT2D eigenvalue weighted by Gasteiger charge is 2.10. The van der Waals surface area contributed by atoms with Crippen LogP contribution in [0.4, 0.5) is 5.69 Å². The molecule has 1 aromatic heterocycles. The molecule has 0 radical (unpaired) electrons. The number of hydrogen-bond acceptors (Lipinski definition) is 2. The SMILES string of the molecule is S=C(Nc1ccc(I)cc1Cl)NC(Cl)c1cccnc1. The third-order valence-electron chi connectivity index (χ3n) is 2.41. The van der Waals surface area contributed by atoms with E-state index in [1.165, 1.54) is 0 Å². The zero-order chi connectivity index (χ0) is 14.5. The molecule has 2 rings (SSSR count). The molecule has 0 bridgehead atoms. The van der Waals surface area contributed by atoms with Gasteiger partial charge >= 0.3 is 0 Å². The largest absolute Gasteiger partial charge is 0.342 e. The molecule has 104 valence electrons. The topological polar surface area (TPSA) is 37.0 Å². The number of hydrogen-bond donors (Lipinski definition) is 2. The number of nitrogens with one attached hydrogen (secondary N) is 2. The molecule has 0 aliphatic rings. The average molecular weight is 438 g/mol. The van der Waals surface area contributed by atoms with E-state index < -0.39 is 5.50 Å². The Labute approximate surface area is 146 Å². The molecular formula is C13H10Cl2IN3S. The Hall–Kier alpha value is -0.630. The molecule has 3 nitrogen and oxygen atoms in total. The van der Waals surface area contributed by atoms with Crippen molar-refractivity contribution in [1.82, 2.24) is 10.3 Å². The molecule has 0 spiro atoms. The van der Waals surface area contributed by atoms with Gasteiger partial charge in [-0.1, -0.05) is 29.3 Å². The fraction of sp³-hybridized carbons (Fsp3) is 0.0769. The van der Waals surface area contributed by atoms with Gasteiger partial charge in [0, 0.05) is 21.5 Å². The molecule has 7 heteroatoms. The third kappa shape index (κ3) is 4.44. The highest BCUT2D eigenvalue weighted by molar-refractivity contribution is 14.1. The number of rotatable bonds is 3. The zero-order valence-corrected chi connectivity index (χ0v) is 14.6. The molecule has 1 atom stereocenters. The Kier molecular flexibility index (Phi) is 5.83. The Bertz CT molecular complexity index is 610. The maximum Gasteiger partial charge on any atom is 0.172 e. The van der Waals surface area contributed by atoms with Crippen LogP contribution in [0.15, 0.2) is 42.7 Å². The number of aromatic nitrogens is 1. The van der Waals surface area contributed by atoms with Crippen molar-refractivity contribution in [2.45, 2.75) is 5.50 Å². The minimum absolute atomic E-state index is 0.400. The van der Waals surface area contributed by atoms with Gasteiger partial charge in [0.05, 0.1) is 10.7 Å². The van der Waals surface area contributed by atoms with Crippen LogP contribution in [0.2, 0.25) is 5.02 Å². The highest BCUT2D eigenvalue weighted by atomic mass is 127. The summed E-state index contributed by atoms with van der Waals surface area (Å²) in [5.41, 5.74) is 1.12. The highest BCUT2D eigenvalue weighted by Crippen LogP contribution is 2.24. The van der Waals surface area contributed by atoms with E-state index in [9.17, 15) is 0 Å². The van der Waals surface area contributed by atoms with Gasteiger partial charge in [0.2, 0.25) is 0 Å². The molecule has 0 saturated heterocycles. The molecule has 1 unspecified atom stereocenters. The van der Waals surface area contributed by atoms with Crippen LogP contribution in [0.5, 0.6) is 0 Å². The molecular weight excluding hydrogens is 428 g/mol. The van der Waals surface area contributed by atoms with E-state index >= 15 is 0 Å². The fourth-order valence-electron chi connectivity index (χ4n) is 1.47. The van der Waals surface area contributed by atoms with Crippen molar-refractivity contribution < 1.29 is 0 Å². The smallest absolute Gasteiger partial charge is 0.172 e. The summed E-state index contributed by atoms with van der Waals surface area (Å²) in [5, 5.41) is 7.00. The Morgan fingerprint density at radius 3 is 2.80 bits per heavy atom. The summed E-state index contributed by atoms with van der Waals surface area (Å²) in [6.45, 7) is 0. The lowest BCUT2D eigenvalue weighted by atomic mass is 10.3. The molecule has 20 heavy (non-hydrogen) atoms. The number of alkyl halides is 1. The molecule has 2 N–H and O–H groups in total. The molecule has 1 heterocycles. The minimum Gasteiger partial charge on any atom is -0.342 e. The van der Waals surface area contributed by atoms with E-state index in [0.29, 0.717) is 10.1 Å². The monoisotopic (exact) mass is 437 g/mol. The summed E-state index contributed by atoms with van der Waals surface area (Å²) in [7, 11) is 0. The standard InChI is InChI=1S/C13H10Cl2IN3S/c14-10-6-9(16)3-4-11(10)18-13(20)19-12(15)8-2-1-5-17-7-8/h1-7,12H,(H2,18,19,20). The number of nitrogens with zero attached hydrogens (tertiary/aromatic N) is 1. The van der Waals surface area contributed by atoms with Gasteiger partial charge in [0.15, 0.2) is 5.11 Å². The Morgan fingerprint density at radius 1 is 1.35 bits per heavy atom. The predicted octanol–water partition coefficient (Wildman–Crippen LogP) is 4.56. The number of thiocarbonyl (C=S) groups is 1. The van der Waals surface area contributed by atoms with Crippen LogP contribution in [-0.2, 0) is 0 Å². The first-order chi connectivity index (χ1) is 9.56. The lowest BCUT2D eigenvalue weighted by molar-refractivity contribution is 0.876. The minimum atomic E-state index is -0.452. The van der Waals surface area contributed by atoms with Crippen molar-refractivity contribution in [1.29, 1.82) is 0 Å². The van der Waals surface area contributed by atoms with Gasteiger partial charge in [-0.05, 0) is 59.1 Å². The molecule has 0 saturated carbocycles. The maximum absolute atomic E-state index is 6.22. The van der Waals surface area contributed by atoms with E-state index in [-0.39, 0.29) is 0 Å². The van der Waals surface area contributed by atoms with Crippen molar-refractivity contribution in [3.8, 4) is 0 Å². The van der Waals surface area contributed by atoms with E-state index in [1.807, 2.05) is 30.3 Å². The van der Waals surface area contributed by atoms with Crippen LogP contribution in [0.25, 0.3) is 0 Å². The van der Waals surface area contributed by atoms with E-state index in [0.717, 1.165) is 14.8 Å². The van der Waals surface area contributed by atoms with Crippen LogP contribution in [-0.4, -0.2) is 10.1 Å². The number of anilines is 1. The summed E-state index contributed by atoms with van der Waals surface area (Å²) >= 11 is 19.8. The molecule has 0 amide bonds. The Morgan fingerprint density at radius 2 is 2.15 bits per heavy atom. The van der Waals surface area contributed by atoms with Crippen molar-refractivity contribution in [2.24, 2.45) is 0 Å². The first kappa shape index (κ1) is 15.8. The lowest BCUT2D eigenvalue weighted by Crippen LogP contribution is -2.30. The van der Waals surface area contributed by atoms with Gasteiger partial charge in [-0.3, -0.25) is 4.98 Å². The fourth-order valence-corrected chi connectivity index (χ4v) is 2.91. The molecule has 0 aliphatic carbocycles. The van der Waals surface area contributed by atoms with Crippen LogP contribution in [0, 0.1) is 3.57 Å². The van der Waals surface area contributed by atoms with E-state index in [1.54, 1.807) is 12.4 Å². The van der Waals surface area contributed by atoms with Gasteiger partial charge in [0.1, 0.15) is 5.50 Å². The van der Waals surface area contributed by atoms with E-state index in [4.69, 9.17) is 35.4 Å². The normalized spacial score (nSPS) is 11.8. The van der Waals surface area contributed by atoms with Gasteiger partial charge in [0.25, 0.3) is 0 Å². The van der Waals surface area contributed by atoms with Gasteiger partial charge in [-0.15, -0.1) is 0 Å². The first-order valence-corrected chi connectivity index (χ1v) is 7.93. The lowest BCUT2D eigenvalue weighted by Gasteiger charge is -2.16. The summed E-state index contributed by atoms with van der Waals surface area (Å²) in [4.78, 5) is 4.01. The van der Waals surface area contributed by atoms with Gasteiger partial charge < -0.3 is 10.6 Å². The number of pyridine rings is 1. The molecule has 2 aromatic rings. The number of halogens is 3. The van der Waals surface area contributed by atoms with E-state index in [2.05, 4.69) is 38.2 Å². The second kappa shape index (κ2) is 7.40. The third-order valence-corrected chi connectivity index (χ3v) is 3.98. The second-order valence-corrected chi connectivity index (χ2v) is 6.37. The van der Waals surface area contributed by atoms with Crippen LogP contribution in [0.1, 0.15) is 11.1 Å². The van der Waals surface area contributed by atoms with Crippen molar-refractivity contribution in [3.05, 3.63) is 56.9 Å². The molecule has 0 aliphatic heterocycles.